The van der Waals surface area contributed by atoms with E-state index >= 15 is 0 Å². The summed E-state index contributed by atoms with van der Waals surface area (Å²) in [5, 5.41) is 15.9. The molecule has 0 fully saturated rings. The fourth-order valence-electron chi connectivity index (χ4n) is 1.42. The minimum Gasteiger partial charge on any atom is -0.481 e. The first-order valence-corrected chi connectivity index (χ1v) is 5.91. The SMILES string of the molecule is Cc1cc(Cl)ccc1O[C@H](C)C(=O)Nc1nn[nH]n1. The molecule has 100 valence electrons. The van der Waals surface area contributed by atoms with Gasteiger partial charge in [0.25, 0.3) is 11.9 Å². The summed E-state index contributed by atoms with van der Waals surface area (Å²) < 4.78 is 5.55. The molecule has 1 aromatic heterocycles. The van der Waals surface area contributed by atoms with Crippen LogP contribution in [-0.2, 0) is 4.79 Å². The van der Waals surface area contributed by atoms with E-state index < -0.39 is 6.10 Å². The summed E-state index contributed by atoms with van der Waals surface area (Å²) in [6.07, 6.45) is -0.696. The lowest BCUT2D eigenvalue weighted by molar-refractivity contribution is -0.122. The Balaban J connectivity index is 2.00. The minimum absolute atomic E-state index is 0.105. The number of aromatic nitrogens is 4. The van der Waals surface area contributed by atoms with Gasteiger partial charge in [0, 0.05) is 5.02 Å². The van der Waals surface area contributed by atoms with Gasteiger partial charge in [-0.25, -0.2) is 0 Å². The molecule has 0 aliphatic heterocycles. The van der Waals surface area contributed by atoms with E-state index in [-0.39, 0.29) is 11.9 Å². The number of halogens is 1. The van der Waals surface area contributed by atoms with Crippen LogP contribution in [0.5, 0.6) is 5.75 Å². The number of carbonyl (C=O) groups excluding carboxylic acids is 1. The average Bonchev–Trinajstić information content (AvgIpc) is 2.85. The average molecular weight is 282 g/mol. The highest BCUT2D eigenvalue weighted by molar-refractivity contribution is 6.30. The molecular weight excluding hydrogens is 270 g/mol. The summed E-state index contributed by atoms with van der Waals surface area (Å²) in [4.78, 5) is 11.8. The number of ether oxygens (including phenoxy) is 1. The van der Waals surface area contributed by atoms with Crippen molar-refractivity contribution >= 4 is 23.5 Å². The first kappa shape index (κ1) is 13.3. The van der Waals surface area contributed by atoms with Crippen molar-refractivity contribution in [1.82, 2.24) is 20.6 Å². The number of H-pyrrole nitrogens is 1. The number of nitrogens with one attached hydrogen (secondary N) is 2. The molecule has 0 spiro atoms. The van der Waals surface area contributed by atoms with Crippen LogP contribution < -0.4 is 10.1 Å². The van der Waals surface area contributed by atoms with Gasteiger partial charge in [-0.3, -0.25) is 10.1 Å². The number of nitrogens with zero attached hydrogens (tertiary/aromatic N) is 3. The second-order valence-electron chi connectivity index (χ2n) is 3.89. The van der Waals surface area contributed by atoms with Crippen LogP contribution in [0.1, 0.15) is 12.5 Å². The van der Waals surface area contributed by atoms with Crippen LogP contribution in [0.25, 0.3) is 0 Å². The number of hydrogen-bond donors (Lipinski definition) is 2. The molecule has 0 bridgehead atoms. The highest BCUT2D eigenvalue weighted by Gasteiger charge is 2.17. The van der Waals surface area contributed by atoms with Crippen LogP contribution in [-0.4, -0.2) is 32.6 Å². The number of tetrazole rings is 1. The van der Waals surface area contributed by atoms with Gasteiger partial charge in [0.1, 0.15) is 5.75 Å². The van der Waals surface area contributed by atoms with Crippen molar-refractivity contribution in [3.05, 3.63) is 28.8 Å². The first-order valence-electron chi connectivity index (χ1n) is 5.53. The van der Waals surface area contributed by atoms with Crippen molar-refractivity contribution in [2.24, 2.45) is 0 Å². The lowest BCUT2D eigenvalue weighted by Gasteiger charge is -2.15. The van der Waals surface area contributed by atoms with E-state index in [0.717, 1.165) is 5.56 Å². The molecule has 2 N–H and O–H groups in total. The summed E-state index contributed by atoms with van der Waals surface area (Å²) in [6.45, 7) is 3.48. The van der Waals surface area contributed by atoms with Crippen LogP contribution in [0, 0.1) is 6.92 Å². The van der Waals surface area contributed by atoms with Gasteiger partial charge in [-0.05, 0) is 42.8 Å². The van der Waals surface area contributed by atoms with Crippen molar-refractivity contribution in [1.29, 1.82) is 0 Å². The highest BCUT2D eigenvalue weighted by Crippen LogP contribution is 2.22. The Morgan fingerprint density at radius 2 is 2.32 bits per heavy atom. The molecule has 0 saturated carbocycles. The second-order valence-corrected chi connectivity index (χ2v) is 4.33. The third-order valence-electron chi connectivity index (χ3n) is 2.39. The molecule has 2 rings (SSSR count). The molecule has 2 aromatic rings. The molecular formula is C11H12ClN5O2. The maximum absolute atomic E-state index is 11.8. The van der Waals surface area contributed by atoms with E-state index in [0.29, 0.717) is 10.8 Å². The lowest BCUT2D eigenvalue weighted by Crippen LogP contribution is -2.30. The zero-order chi connectivity index (χ0) is 13.8. The number of aromatic amines is 1. The quantitative estimate of drug-likeness (QED) is 0.887. The number of aryl methyl sites for hydroxylation is 1. The summed E-state index contributed by atoms with van der Waals surface area (Å²) in [5.41, 5.74) is 0.853. The predicted molar refractivity (Wildman–Crippen MR) is 69.1 cm³/mol. The van der Waals surface area contributed by atoms with Crippen molar-refractivity contribution < 1.29 is 9.53 Å². The fraction of sp³-hybridized carbons (Fsp3) is 0.273. The monoisotopic (exact) mass is 281 g/mol. The smallest absolute Gasteiger partial charge is 0.269 e. The van der Waals surface area contributed by atoms with E-state index in [9.17, 15) is 4.79 Å². The topological polar surface area (TPSA) is 92.8 Å². The third kappa shape index (κ3) is 3.41. The summed E-state index contributed by atoms with van der Waals surface area (Å²) in [6, 6.07) is 5.18. The standard InChI is InChI=1S/C11H12ClN5O2/c1-6-5-8(12)3-4-9(6)19-7(2)10(18)13-11-14-16-17-15-11/h3-5,7H,1-2H3,(H2,13,14,15,16,17,18)/t7-/m1/s1. The molecule has 0 saturated heterocycles. The lowest BCUT2D eigenvalue weighted by atomic mass is 10.2. The van der Waals surface area contributed by atoms with Crippen molar-refractivity contribution in [3.8, 4) is 5.75 Å². The van der Waals surface area contributed by atoms with E-state index in [1.54, 1.807) is 25.1 Å². The van der Waals surface area contributed by atoms with Gasteiger partial charge in [-0.2, -0.15) is 5.21 Å². The molecule has 0 unspecified atom stereocenters. The van der Waals surface area contributed by atoms with E-state index in [2.05, 4.69) is 25.9 Å². The molecule has 19 heavy (non-hydrogen) atoms. The highest BCUT2D eigenvalue weighted by atomic mass is 35.5. The van der Waals surface area contributed by atoms with Gasteiger partial charge in [-0.1, -0.05) is 16.7 Å². The zero-order valence-electron chi connectivity index (χ0n) is 10.3. The molecule has 1 heterocycles. The molecule has 1 aromatic carbocycles. The zero-order valence-corrected chi connectivity index (χ0v) is 11.1. The number of rotatable bonds is 4. The van der Waals surface area contributed by atoms with Crippen LogP contribution >= 0.6 is 11.6 Å². The number of carbonyl (C=O) groups is 1. The Hall–Kier alpha value is -2.15. The van der Waals surface area contributed by atoms with Gasteiger partial charge in [0.2, 0.25) is 0 Å². The summed E-state index contributed by atoms with van der Waals surface area (Å²) in [5.74, 6) is 0.337. The Bertz CT molecular complexity index is 572. The molecule has 1 amide bonds. The van der Waals surface area contributed by atoms with Crippen LogP contribution in [0.4, 0.5) is 5.95 Å². The minimum atomic E-state index is -0.696. The van der Waals surface area contributed by atoms with Gasteiger partial charge in [-0.15, -0.1) is 5.10 Å². The van der Waals surface area contributed by atoms with E-state index in [1.807, 2.05) is 6.92 Å². The maximum atomic E-state index is 11.8. The summed E-state index contributed by atoms with van der Waals surface area (Å²) in [7, 11) is 0. The Morgan fingerprint density at radius 1 is 1.53 bits per heavy atom. The Kier molecular flexibility index (Phi) is 3.96. The molecule has 0 radical (unpaired) electrons. The van der Waals surface area contributed by atoms with Crippen LogP contribution in [0.3, 0.4) is 0 Å². The number of anilines is 1. The van der Waals surface area contributed by atoms with Crippen LogP contribution in [0.15, 0.2) is 18.2 Å². The Morgan fingerprint density at radius 3 is 2.95 bits per heavy atom. The van der Waals surface area contributed by atoms with Gasteiger partial charge >= 0.3 is 0 Å². The van der Waals surface area contributed by atoms with Crippen molar-refractivity contribution in [2.45, 2.75) is 20.0 Å². The van der Waals surface area contributed by atoms with Gasteiger partial charge in [0.15, 0.2) is 6.10 Å². The van der Waals surface area contributed by atoms with Crippen molar-refractivity contribution in [2.75, 3.05) is 5.32 Å². The Labute approximate surface area is 114 Å². The molecule has 7 nitrogen and oxygen atoms in total. The predicted octanol–water partition coefficient (Wildman–Crippen LogP) is 1.57. The number of amides is 1. The molecule has 8 heteroatoms. The summed E-state index contributed by atoms with van der Waals surface area (Å²) >= 11 is 5.85. The van der Waals surface area contributed by atoms with E-state index in [1.165, 1.54) is 0 Å². The van der Waals surface area contributed by atoms with E-state index in [4.69, 9.17) is 16.3 Å². The largest absolute Gasteiger partial charge is 0.481 e. The maximum Gasteiger partial charge on any atom is 0.269 e. The van der Waals surface area contributed by atoms with Gasteiger partial charge < -0.3 is 4.74 Å². The van der Waals surface area contributed by atoms with Crippen LogP contribution in [0.2, 0.25) is 5.02 Å². The van der Waals surface area contributed by atoms with Crippen molar-refractivity contribution in [3.63, 3.8) is 0 Å². The molecule has 0 aliphatic rings. The second kappa shape index (κ2) is 5.66. The molecule has 1 atom stereocenters. The normalized spacial score (nSPS) is 11.9. The number of benzene rings is 1. The fourth-order valence-corrected chi connectivity index (χ4v) is 1.64. The number of hydrogen-bond acceptors (Lipinski definition) is 5. The molecule has 0 aliphatic carbocycles. The third-order valence-corrected chi connectivity index (χ3v) is 2.63. The van der Waals surface area contributed by atoms with Gasteiger partial charge in [0.05, 0.1) is 0 Å². The first-order chi connectivity index (χ1) is 9.06.